The van der Waals surface area contributed by atoms with Crippen LogP contribution in [0.25, 0.3) is 5.69 Å². The maximum absolute atomic E-state index is 9.60. The monoisotopic (exact) mass is 373 g/mol. The summed E-state index contributed by atoms with van der Waals surface area (Å²) in [5.41, 5.74) is 1.81. The quantitative estimate of drug-likeness (QED) is 0.614. The summed E-state index contributed by atoms with van der Waals surface area (Å²) in [4.78, 5) is 0. The molecular formula is C19H27N5OS. The van der Waals surface area contributed by atoms with Gasteiger partial charge in [-0.05, 0) is 41.8 Å². The van der Waals surface area contributed by atoms with Crippen molar-refractivity contribution in [3.05, 3.63) is 30.3 Å². The van der Waals surface area contributed by atoms with Gasteiger partial charge in [-0.15, -0.1) is 5.10 Å². The Hall–Kier alpha value is -1.89. The first kappa shape index (κ1) is 18.9. The molecule has 7 heteroatoms. The van der Waals surface area contributed by atoms with Gasteiger partial charge in [-0.3, -0.25) is 0 Å². The minimum Gasteiger partial charge on any atom is -0.411 e. The van der Waals surface area contributed by atoms with Crippen LogP contribution in [-0.4, -0.2) is 36.4 Å². The molecule has 1 fully saturated rings. The average molecular weight is 374 g/mol. The molecule has 1 aliphatic carbocycles. The Labute approximate surface area is 159 Å². The van der Waals surface area contributed by atoms with E-state index in [1.807, 2.05) is 30.3 Å². The van der Waals surface area contributed by atoms with Crippen molar-refractivity contribution in [1.29, 1.82) is 0 Å². The molecule has 1 aliphatic rings. The third kappa shape index (κ3) is 5.30. The molecule has 1 aromatic heterocycles. The van der Waals surface area contributed by atoms with Gasteiger partial charge in [0.15, 0.2) is 0 Å². The second kappa shape index (κ2) is 10.3. The van der Waals surface area contributed by atoms with E-state index in [9.17, 15) is 5.21 Å². The fourth-order valence-electron chi connectivity index (χ4n) is 3.38. The van der Waals surface area contributed by atoms with Crippen molar-refractivity contribution in [1.82, 2.24) is 20.2 Å². The van der Waals surface area contributed by atoms with Crippen LogP contribution in [0.3, 0.4) is 0 Å². The summed E-state index contributed by atoms with van der Waals surface area (Å²) in [5.74, 6) is 0. The van der Waals surface area contributed by atoms with Crippen LogP contribution in [0.15, 0.2) is 40.6 Å². The molecule has 1 atom stereocenters. The molecule has 1 N–H and O–H groups in total. The number of rotatable bonds is 3. The van der Waals surface area contributed by atoms with Crippen LogP contribution < -0.4 is 0 Å². The summed E-state index contributed by atoms with van der Waals surface area (Å²) < 4.78 is 1.76. The van der Waals surface area contributed by atoms with Gasteiger partial charge in [0, 0.05) is 0 Å². The third-order valence-corrected chi connectivity index (χ3v) is 6.10. The molecule has 26 heavy (non-hydrogen) atoms. The minimum absolute atomic E-state index is 0.118. The van der Waals surface area contributed by atoms with Crippen molar-refractivity contribution in [3.8, 4) is 5.69 Å². The second-order valence-electron chi connectivity index (χ2n) is 6.77. The molecule has 2 aromatic rings. The highest BCUT2D eigenvalue weighted by molar-refractivity contribution is 8.00. The molecule has 3 rings (SSSR count). The molecule has 1 heterocycles. The average Bonchev–Trinajstić information content (AvgIpc) is 3.13. The first-order chi connectivity index (χ1) is 12.9. The van der Waals surface area contributed by atoms with Crippen molar-refractivity contribution < 1.29 is 5.21 Å². The fraction of sp³-hybridized carbons (Fsp3) is 0.579. The molecule has 0 bridgehead atoms. The maximum atomic E-state index is 9.60. The highest BCUT2D eigenvalue weighted by atomic mass is 32.2. The van der Waals surface area contributed by atoms with Crippen LogP contribution in [0.1, 0.15) is 64.2 Å². The van der Waals surface area contributed by atoms with Gasteiger partial charge in [-0.25, -0.2) is 0 Å². The second-order valence-corrected chi connectivity index (χ2v) is 7.94. The number of thioether (sulfide) groups is 1. The Kier molecular flexibility index (Phi) is 7.49. The summed E-state index contributed by atoms with van der Waals surface area (Å²) in [6.07, 6.45) is 11.8. The number of hydrogen-bond donors (Lipinski definition) is 1. The van der Waals surface area contributed by atoms with E-state index >= 15 is 0 Å². The zero-order chi connectivity index (χ0) is 18.0. The van der Waals surface area contributed by atoms with E-state index in [-0.39, 0.29) is 5.25 Å². The maximum Gasteiger partial charge on any atom is 0.214 e. The number of nitrogens with zero attached hydrogens (tertiary/aromatic N) is 5. The van der Waals surface area contributed by atoms with Crippen molar-refractivity contribution in [2.45, 2.75) is 74.6 Å². The summed E-state index contributed by atoms with van der Waals surface area (Å²) in [5, 5.41) is 26.3. The standard InChI is InChI=1S/C19H27N5OS/c25-21-17-14-10-5-3-1-2-4-6-11-15-18(17)26-19-20-22-23-24(19)16-12-8-7-9-13-16/h7-9,12-13,18,25H,1-6,10-11,14-15H2/b21-17+/t18-/m0/s1. The van der Waals surface area contributed by atoms with Gasteiger partial charge in [-0.1, -0.05) is 80.1 Å². The molecule has 140 valence electrons. The molecule has 0 spiro atoms. The molecule has 0 aliphatic heterocycles. The van der Waals surface area contributed by atoms with E-state index < -0.39 is 0 Å². The van der Waals surface area contributed by atoms with E-state index in [1.54, 1.807) is 16.4 Å². The molecule has 1 aromatic carbocycles. The molecule has 0 radical (unpaired) electrons. The topological polar surface area (TPSA) is 76.2 Å². The minimum atomic E-state index is 0.118. The van der Waals surface area contributed by atoms with Gasteiger partial charge in [-0.2, -0.15) is 4.68 Å². The lowest BCUT2D eigenvalue weighted by atomic mass is 9.99. The Balaban J connectivity index is 1.75. The SMILES string of the molecule is O/N=C1\CCCCCCCCCC[C@@H]1Sc1nnnn1-c1ccccc1. The predicted molar refractivity (Wildman–Crippen MR) is 104 cm³/mol. The zero-order valence-corrected chi connectivity index (χ0v) is 15.9. The summed E-state index contributed by atoms with van der Waals surface area (Å²) in [6, 6.07) is 9.90. The predicted octanol–water partition coefficient (Wildman–Crippen LogP) is 4.87. The first-order valence-corrected chi connectivity index (χ1v) is 10.5. The van der Waals surface area contributed by atoms with Gasteiger partial charge in [0.1, 0.15) is 0 Å². The van der Waals surface area contributed by atoms with E-state index in [2.05, 4.69) is 20.7 Å². The molecule has 6 nitrogen and oxygen atoms in total. The molecule has 0 unspecified atom stereocenters. The van der Waals surface area contributed by atoms with Gasteiger partial charge in [0.25, 0.3) is 0 Å². The Morgan fingerprint density at radius 3 is 2.38 bits per heavy atom. The zero-order valence-electron chi connectivity index (χ0n) is 15.1. The van der Waals surface area contributed by atoms with Crippen LogP contribution in [-0.2, 0) is 0 Å². The molecule has 0 amide bonds. The first-order valence-electron chi connectivity index (χ1n) is 9.60. The summed E-state index contributed by atoms with van der Waals surface area (Å²) in [6.45, 7) is 0. The lowest BCUT2D eigenvalue weighted by Gasteiger charge is -2.18. The number of tetrazole rings is 1. The summed E-state index contributed by atoms with van der Waals surface area (Å²) in [7, 11) is 0. The van der Waals surface area contributed by atoms with Crippen molar-refractivity contribution in [2.24, 2.45) is 5.16 Å². The largest absolute Gasteiger partial charge is 0.411 e. The molecule has 1 saturated carbocycles. The van der Waals surface area contributed by atoms with Gasteiger partial charge < -0.3 is 5.21 Å². The molecule has 0 saturated heterocycles. The Morgan fingerprint density at radius 2 is 1.65 bits per heavy atom. The smallest absolute Gasteiger partial charge is 0.214 e. The van der Waals surface area contributed by atoms with Crippen molar-refractivity contribution >= 4 is 17.5 Å². The summed E-state index contributed by atoms with van der Waals surface area (Å²) >= 11 is 1.61. The molecular weight excluding hydrogens is 346 g/mol. The van der Waals surface area contributed by atoms with Crippen LogP contribution in [0, 0.1) is 0 Å². The van der Waals surface area contributed by atoms with Gasteiger partial charge >= 0.3 is 0 Å². The lowest BCUT2D eigenvalue weighted by Crippen LogP contribution is -2.19. The highest BCUT2D eigenvalue weighted by Crippen LogP contribution is 2.29. The number of benzene rings is 1. The number of aromatic nitrogens is 4. The Bertz CT molecular complexity index is 688. The van der Waals surface area contributed by atoms with E-state index in [0.717, 1.165) is 42.2 Å². The highest BCUT2D eigenvalue weighted by Gasteiger charge is 2.22. The van der Waals surface area contributed by atoms with Gasteiger partial charge in [0.05, 0.1) is 16.6 Å². The number of para-hydroxylation sites is 1. The van der Waals surface area contributed by atoms with Gasteiger partial charge in [0.2, 0.25) is 5.16 Å². The van der Waals surface area contributed by atoms with Crippen LogP contribution in [0.2, 0.25) is 0 Å². The normalized spacial score (nSPS) is 21.8. The lowest BCUT2D eigenvalue weighted by molar-refractivity contribution is 0.315. The number of hydrogen-bond acceptors (Lipinski definition) is 6. The van der Waals surface area contributed by atoms with Crippen LogP contribution in [0.4, 0.5) is 0 Å². The van der Waals surface area contributed by atoms with Crippen LogP contribution in [0.5, 0.6) is 0 Å². The van der Waals surface area contributed by atoms with E-state index in [0.29, 0.717) is 0 Å². The van der Waals surface area contributed by atoms with Crippen LogP contribution >= 0.6 is 11.8 Å². The van der Waals surface area contributed by atoms with Crippen molar-refractivity contribution in [2.75, 3.05) is 0 Å². The third-order valence-electron chi connectivity index (χ3n) is 4.84. The fourth-order valence-corrected chi connectivity index (χ4v) is 4.54. The van der Waals surface area contributed by atoms with Crippen molar-refractivity contribution in [3.63, 3.8) is 0 Å². The van der Waals surface area contributed by atoms with E-state index in [4.69, 9.17) is 0 Å². The Morgan fingerprint density at radius 1 is 0.962 bits per heavy atom. The van der Waals surface area contributed by atoms with E-state index in [1.165, 1.54) is 38.5 Å². The number of oxime groups is 1.